The molecule has 6 nitrogen and oxygen atoms in total. The molecule has 0 bridgehead atoms. The Morgan fingerprint density at radius 1 is 1.21 bits per heavy atom. The van der Waals surface area contributed by atoms with Crippen LogP contribution in [0.2, 0.25) is 0 Å². The van der Waals surface area contributed by atoms with E-state index in [9.17, 15) is 14.4 Å². The van der Waals surface area contributed by atoms with Crippen LogP contribution in [-0.4, -0.2) is 58.7 Å². The largest absolute Gasteiger partial charge is 0.335 e. The molecule has 29 heavy (non-hydrogen) atoms. The van der Waals surface area contributed by atoms with Crippen LogP contribution in [0.25, 0.3) is 0 Å². The molecule has 4 rings (SSSR count). The van der Waals surface area contributed by atoms with Gasteiger partial charge in [-0.25, -0.2) is 4.79 Å². The number of nitrogens with one attached hydrogen (secondary N) is 1. The molecule has 0 radical (unpaired) electrons. The van der Waals surface area contributed by atoms with Gasteiger partial charge in [-0.3, -0.25) is 9.59 Å². The molecule has 2 fully saturated rings. The first-order valence-corrected chi connectivity index (χ1v) is 11.0. The summed E-state index contributed by atoms with van der Waals surface area (Å²) in [6, 6.07) is 10.1. The van der Waals surface area contributed by atoms with E-state index < -0.39 is 6.04 Å². The number of nitrogens with zero attached hydrogens (tertiary/aromatic N) is 2. The number of thiophene rings is 1. The Kier molecular flexibility index (Phi) is 5.67. The zero-order valence-electron chi connectivity index (χ0n) is 16.4. The van der Waals surface area contributed by atoms with Gasteiger partial charge in [0, 0.05) is 18.2 Å². The maximum Gasteiger partial charge on any atom is 0.318 e. The van der Waals surface area contributed by atoms with Crippen LogP contribution in [0.1, 0.15) is 35.7 Å². The fraction of sp³-hybridized carbons (Fsp3) is 0.409. The van der Waals surface area contributed by atoms with E-state index in [2.05, 4.69) is 16.8 Å². The first kappa shape index (κ1) is 19.6. The zero-order valence-corrected chi connectivity index (χ0v) is 17.2. The van der Waals surface area contributed by atoms with Gasteiger partial charge in [0.15, 0.2) is 5.78 Å². The summed E-state index contributed by atoms with van der Waals surface area (Å²) >= 11 is 1.64. The lowest BCUT2D eigenvalue weighted by Crippen LogP contribution is -2.50. The minimum absolute atomic E-state index is 0.0229. The Labute approximate surface area is 174 Å². The summed E-state index contributed by atoms with van der Waals surface area (Å²) in [6.07, 6.45) is 2.22. The van der Waals surface area contributed by atoms with Crippen molar-refractivity contribution >= 4 is 29.1 Å². The third-order valence-electron chi connectivity index (χ3n) is 5.85. The van der Waals surface area contributed by atoms with Crippen molar-refractivity contribution in [3.05, 3.63) is 58.3 Å². The van der Waals surface area contributed by atoms with Gasteiger partial charge in [-0.1, -0.05) is 25.1 Å². The van der Waals surface area contributed by atoms with E-state index in [0.29, 0.717) is 18.5 Å². The normalized spacial score (nSPS) is 21.9. The molecule has 1 aromatic heterocycles. The van der Waals surface area contributed by atoms with Crippen LogP contribution in [0.4, 0.5) is 4.79 Å². The van der Waals surface area contributed by atoms with Crippen molar-refractivity contribution in [1.29, 1.82) is 0 Å². The number of hydrogen-bond donors (Lipinski definition) is 1. The number of carbonyl (C=O) groups excluding carboxylic acids is 3. The van der Waals surface area contributed by atoms with Gasteiger partial charge in [0.05, 0.1) is 12.6 Å². The number of carbonyl (C=O) groups is 3. The van der Waals surface area contributed by atoms with Crippen molar-refractivity contribution in [1.82, 2.24) is 15.1 Å². The van der Waals surface area contributed by atoms with E-state index in [0.717, 1.165) is 12.8 Å². The number of urea groups is 1. The Bertz CT molecular complexity index is 884. The SMILES string of the molecule is CCC(Cc1ccsc1)NC(=O)N1CC[C@@H]2[C@H]1C(=O)CN2C(=O)c1ccccc1. The second-order valence-corrected chi connectivity index (χ2v) is 8.43. The third-order valence-corrected chi connectivity index (χ3v) is 6.58. The molecule has 2 saturated heterocycles. The van der Waals surface area contributed by atoms with Crippen molar-refractivity contribution in [2.45, 2.75) is 44.3 Å². The van der Waals surface area contributed by atoms with Crippen molar-refractivity contribution in [2.24, 2.45) is 0 Å². The van der Waals surface area contributed by atoms with Gasteiger partial charge in [0.25, 0.3) is 5.91 Å². The van der Waals surface area contributed by atoms with Crippen LogP contribution in [-0.2, 0) is 11.2 Å². The van der Waals surface area contributed by atoms with Gasteiger partial charge in [-0.15, -0.1) is 0 Å². The Balaban J connectivity index is 1.43. The predicted octanol–water partition coefficient (Wildman–Crippen LogP) is 2.95. The summed E-state index contributed by atoms with van der Waals surface area (Å²) < 4.78 is 0. The number of amides is 3. The fourth-order valence-electron chi connectivity index (χ4n) is 4.31. The van der Waals surface area contributed by atoms with Gasteiger partial charge in [-0.05, 0) is 53.8 Å². The quantitative estimate of drug-likeness (QED) is 0.822. The lowest BCUT2D eigenvalue weighted by Gasteiger charge is -2.26. The topological polar surface area (TPSA) is 69.7 Å². The van der Waals surface area contributed by atoms with E-state index >= 15 is 0 Å². The first-order valence-electron chi connectivity index (χ1n) is 10.1. The summed E-state index contributed by atoms with van der Waals surface area (Å²) in [5.41, 5.74) is 1.78. The highest BCUT2D eigenvalue weighted by atomic mass is 32.1. The summed E-state index contributed by atoms with van der Waals surface area (Å²) in [4.78, 5) is 41.8. The van der Waals surface area contributed by atoms with Gasteiger partial charge >= 0.3 is 6.03 Å². The molecule has 152 valence electrons. The monoisotopic (exact) mass is 411 g/mol. The molecule has 0 aliphatic carbocycles. The number of likely N-dealkylation sites (tertiary alicyclic amines) is 2. The van der Waals surface area contributed by atoms with E-state index in [1.165, 1.54) is 5.56 Å². The molecular weight excluding hydrogens is 386 g/mol. The maximum absolute atomic E-state index is 12.9. The molecule has 1 unspecified atom stereocenters. The first-order chi connectivity index (χ1) is 14.1. The number of ketones is 1. The van der Waals surface area contributed by atoms with Crippen molar-refractivity contribution in [2.75, 3.05) is 13.1 Å². The second kappa shape index (κ2) is 8.37. The van der Waals surface area contributed by atoms with Gasteiger partial charge in [0.1, 0.15) is 6.04 Å². The third kappa shape index (κ3) is 3.92. The predicted molar refractivity (Wildman–Crippen MR) is 112 cm³/mol. The number of Topliss-reactive ketones (excluding diaryl/α,β-unsaturated/α-hetero) is 1. The molecule has 2 aliphatic heterocycles. The minimum Gasteiger partial charge on any atom is -0.335 e. The van der Waals surface area contributed by atoms with Gasteiger partial charge in [-0.2, -0.15) is 11.3 Å². The van der Waals surface area contributed by atoms with E-state index in [1.54, 1.807) is 33.3 Å². The summed E-state index contributed by atoms with van der Waals surface area (Å²) in [5.74, 6) is -0.199. The number of hydrogen-bond acceptors (Lipinski definition) is 4. The summed E-state index contributed by atoms with van der Waals surface area (Å²) in [5, 5.41) is 7.22. The molecule has 1 N–H and O–H groups in total. The Morgan fingerprint density at radius 2 is 2.00 bits per heavy atom. The standard InChI is InChI=1S/C22H25N3O3S/c1-2-17(12-15-9-11-29-14-15)23-22(28)24-10-8-18-20(24)19(26)13-25(18)21(27)16-6-4-3-5-7-16/h3-7,9,11,14,17-18,20H,2,8,10,12-13H2,1H3,(H,23,28)/t17?,18-,20+/m1/s1. The molecule has 7 heteroatoms. The molecule has 0 saturated carbocycles. The molecule has 3 atom stereocenters. The van der Waals surface area contributed by atoms with Crippen LogP contribution in [0, 0.1) is 0 Å². The summed E-state index contributed by atoms with van der Waals surface area (Å²) in [6.45, 7) is 2.60. The van der Waals surface area contributed by atoms with E-state index in [-0.39, 0.29) is 36.3 Å². The fourth-order valence-corrected chi connectivity index (χ4v) is 5.00. The van der Waals surface area contributed by atoms with E-state index in [1.807, 2.05) is 30.5 Å². The highest BCUT2D eigenvalue weighted by molar-refractivity contribution is 7.07. The number of fused-ring (bicyclic) bond motifs is 1. The van der Waals surface area contributed by atoms with Crippen molar-refractivity contribution in [3.8, 4) is 0 Å². The lowest BCUT2D eigenvalue weighted by atomic mass is 10.1. The maximum atomic E-state index is 12.9. The highest BCUT2D eigenvalue weighted by Crippen LogP contribution is 2.31. The van der Waals surface area contributed by atoms with Crippen LogP contribution in [0.3, 0.4) is 0 Å². The average Bonchev–Trinajstić information content (AvgIpc) is 3.46. The van der Waals surface area contributed by atoms with Crippen molar-refractivity contribution in [3.63, 3.8) is 0 Å². The van der Waals surface area contributed by atoms with Crippen LogP contribution < -0.4 is 5.32 Å². The molecule has 3 heterocycles. The molecule has 2 aromatic rings. The molecule has 0 spiro atoms. The van der Waals surface area contributed by atoms with E-state index in [4.69, 9.17) is 0 Å². The molecule has 3 amide bonds. The lowest BCUT2D eigenvalue weighted by molar-refractivity contribution is -0.119. The van der Waals surface area contributed by atoms with Crippen LogP contribution in [0.15, 0.2) is 47.2 Å². The summed E-state index contributed by atoms with van der Waals surface area (Å²) in [7, 11) is 0. The smallest absolute Gasteiger partial charge is 0.318 e. The minimum atomic E-state index is -0.540. The number of benzene rings is 1. The second-order valence-electron chi connectivity index (χ2n) is 7.65. The molecular formula is C22H25N3O3S. The Hall–Kier alpha value is -2.67. The molecule has 1 aromatic carbocycles. The highest BCUT2D eigenvalue weighted by Gasteiger charge is 2.51. The van der Waals surface area contributed by atoms with Gasteiger partial charge in [0.2, 0.25) is 0 Å². The van der Waals surface area contributed by atoms with Crippen LogP contribution >= 0.6 is 11.3 Å². The average molecular weight is 412 g/mol. The van der Waals surface area contributed by atoms with Gasteiger partial charge < -0.3 is 15.1 Å². The van der Waals surface area contributed by atoms with Crippen molar-refractivity contribution < 1.29 is 14.4 Å². The zero-order chi connectivity index (χ0) is 20.4. The van der Waals surface area contributed by atoms with Crippen LogP contribution in [0.5, 0.6) is 0 Å². The number of rotatable bonds is 5. The molecule has 2 aliphatic rings. The Morgan fingerprint density at radius 3 is 2.69 bits per heavy atom.